The number of nitrogen functional groups attached to an aromatic ring is 1. The van der Waals surface area contributed by atoms with Crippen molar-refractivity contribution in [3.05, 3.63) is 59.7 Å². The average Bonchev–Trinajstić information content (AvgIpc) is 2.67. The zero-order valence-electron chi connectivity index (χ0n) is 15.4. The second-order valence-corrected chi connectivity index (χ2v) is 7.16. The summed E-state index contributed by atoms with van der Waals surface area (Å²) in [6.45, 7) is 0.660. The number of rotatable bonds is 5. The lowest BCUT2D eigenvalue weighted by atomic mass is 9.88. The van der Waals surface area contributed by atoms with Crippen molar-refractivity contribution in [3.8, 4) is 11.1 Å². The molecule has 1 aliphatic heterocycles. The number of amidine groups is 1. The van der Waals surface area contributed by atoms with Gasteiger partial charge in [-0.25, -0.2) is 0 Å². The maximum absolute atomic E-state index is 12.7. The summed E-state index contributed by atoms with van der Waals surface area (Å²) in [5, 5.41) is 26.6. The summed E-state index contributed by atoms with van der Waals surface area (Å²) in [6.07, 6.45) is 0.212. The van der Waals surface area contributed by atoms with Crippen molar-refractivity contribution in [1.82, 2.24) is 4.90 Å². The Morgan fingerprint density at radius 2 is 1.43 bits per heavy atom. The molecule has 28 heavy (non-hydrogen) atoms. The number of carbonyl (C=O) groups excluding carboxylic acids is 1. The standard InChI is InChI=1S/C21H23N3O4/c22-19(23)16-5-1-14(2-6-16)15-3-7-17(8-4-15)20(27)24-11-9-21(28,10-12-24)13-18(25)26/h1-8,28H,9-13H2,(H3,22,23)(H,25,26). The van der Waals surface area contributed by atoms with Gasteiger partial charge in [0.1, 0.15) is 5.84 Å². The number of nitrogens with one attached hydrogen (secondary N) is 1. The van der Waals surface area contributed by atoms with E-state index >= 15 is 0 Å². The molecule has 3 rings (SSSR count). The molecule has 146 valence electrons. The smallest absolute Gasteiger partial charge is 0.306 e. The fraction of sp³-hybridized carbons (Fsp3) is 0.286. The molecule has 5 N–H and O–H groups in total. The summed E-state index contributed by atoms with van der Waals surface area (Å²) in [4.78, 5) is 25.2. The molecular weight excluding hydrogens is 358 g/mol. The first-order valence-electron chi connectivity index (χ1n) is 9.06. The molecule has 2 aromatic carbocycles. The Kier molecular flexibility index (Phi) is 5.46. The summed E-state index contributed by atoms with van der Waals surface area (Å²) < 4.78 is 0. The molecule has 0 spiro atoms. The van der Waals surface area contributed by atoms with Crippen molar-refractivity contribution in [3.63, 3.8) is 0 Å². The number of hydrogen-bond donors (Lipinski definition) is 4. The summed E-state index contributed by atoms with van der Waals surface area (Å²) in [6, 6.07) is 14.6. The van der Waals surface area contributed by atoms with E-state index in [4.69, 9.17) is 16.2 Å². The monoisotopic (exact) mass is 381 g/mol. The van der Waals surface area contributed by atoms with E-state index in [-0.39, 0.29) is 31.0 Å². The lowest BCUT2D eigenvalue weighted by molar-refractivity contribution is -0.144. The van der Waals surface area contributed by atoms with E-state index in [1.807, 2.05) is 24.3 Å². The molecule has 0 saturated carbocycles. The third-order valence-electron chi connectivity index (χ3n) is 5.12. The number of amides is 1. The zero-order chi connectivity index (χ0) is 20.3. The Morgan fingerprint density at radius 3 is 1.86 bits per heavy atom. The lowest BCUT2D eigenvalue weighted by Gasteiger charge is -2.37. The first-order chi connectivity index (χ1) is 13.3. The number of carboxylic acid groups (broad SMARTS) is 1. The molecule has 0 unspecified atom stereocenters. The van der Waals surface area contributed by atoms with Crippen LogP contribution in [0.2, 0.25) is 0 Å². The number of carbonyl (C=O) groups is 2. The fourth-order valence-electron chi connectivity index (χ4n) is 3.41. The van der Waals surface area contributed by atoms with Crippen molar-refractivity contribution >= 4 is 17.7 Å². The third-order valence-corrected chi connectivity index (χ3v) is 5.12. The second-order valence-electron chi connectivity index (χ2n) is 7.16. The number of benzene rings is 2. The molecule has 0 aliphatic carbocycles. The third kappa shape index (κ3) is 4.37. The Morgan fingerprint density at radius 1 is 0.964 bits per heavy atom. The second kappa shape index (κ2) is 7.82. The molecule has 0 aromatic heterocycles. The van der Waals surface area contributed by atoms with E-state index in [2.05, 4.69) is 0 Å². The van der Waals surface area contributed by atoms with Crippen LogP contribution >= 0.6 is 0 Å². The Bertz CT molecular complexity index is 883. The first-order valence-corrected chi connectivity index (χ1v) is 9.06. The number of nitrogens with zero attached hydrogens (tertiary/aromatic N) is 1. The van der Waals surface area contributed by atoms with Crippen molar-refractivity contribution < 1.29 is 19.8 Å². The van der Waals surface area contributed by atoms with Crippen molar-refractivity contribution in [2.24, 2.45) is 5.73 Å². The van der Waals surface area contributed by atoms with Gasteiger partial charge in [0.25, 0.3) is 5.91 Å². The number of carboxylic acids is 1. The average molecular weight is 381 g/mol. The van der Waals surface area contributed by atoms with Gasteiger partial charge in [-0.3, -0.25) is 15.0 Å². The quantitative estimate of drug-likeness (QED) is 0.466. The van der Waals surface area contributed by atoms with Crippen LogP contribution in [-0.2, 0) is 4.79 Å². The highest BCUT2D eigenvalue weighted by Gasteiger charge is 2.35. The van der Waals surface area contributed by atoms with Gasteiger partial charge in [0.15, 0.2) is 0 Å². The SMILES string of the molecule is N=C(N)c1ccc(-c2ccc(C(=O)N3CCC(O)(CC(=O)O)CC3)cc2)cc1. The maximum Gasteiger partial charge on any atom is 0.306 e. The van der Waals surface area contributed by atoms with Crippen LogP contribution in [-0.4, -0.2) is 51.5 Å². The Hall–Kier alpha value is -3.19. The summed E-state index contributed by atoms with van der Waals surface area (Å²) >= 11 is 0. The number of aliphatic carboxylic acids is 1. The van der Waals surface area contributed by atoms with E-state index in [0.29, 0.717) is 24.2 Å². The minimum Gasteiger partial charge on any atom is -0.481 e. The molecule has 0 radical (unpaired) electrons. The van der Waals surface area contributed by atoms with Crippen LogP contribution in [0.5, 0.6) is 0 Å². The predicted molar refractivity (Wildman–Crippen MR) is 105 cm³/mol. The van der Waals surface area contributed by atoms with Crippen molar-refractivity contribution in [1.29, 1.82) is 5.41 Å². The zero-order valence-corrected chi connectivity index (χ0v) is 15.4. The molecule has 1 heterocycles. The Balaban J connectivity index is 1.66. The summed E-state index contributed by atoms with van der Waals surface area (Å²) in [5.74, 6) is -1.14. The van der Waals surface area contributed by atoms with Gasteiger partial charge >= 0.3 is 5.97 Å². The van der Waals surface area contributed by atoms with Crippen LogP contribution in [0.15, 0.2) is 48.5 Å². The van der Waals surface area contributed by atoms with Gasteiger partial charge < -0.3 is 20.8 Å². The molecule has 7 heteroatoms. The van der Waals surface area contributed by atoms with E-state index in [9.17, 15) is 14.7 Å². The van der Waals surface area contributed by atoms with Gasteiger partial charge in [-0.1, -0.05) is 36.4 Å². The molecule has 2 aromatic rings. The molecule has 1 aliphatic rings. The highest BCUT2D eigenvalue weighted by molar-refractivity contribution is 5.96. The van der Waals surface area contributed by atoms with Crippen LogP contribution in [0.3, 0.4) is 0 Å². The molecule has 1 fully saturated rings. The van der Waals surface area contributed by atoms with Crippen molar-refractivity contribution in [2.45, 2.75) is 24.9 Å². The summed E-state index contributed by atoms with van der Waals surface area (Å²) in [5.41, 5.74) is 7.34. The van der Waals surface area contributed by atoms with Crippen molar-refractivity contribution in [2.75, 3.05) is 13.1 Å². The number of piperidine rings is 1. The van der Waals surface area contributed by atoms with Crippen LogP contribution in [0.1, 0.15) is 35.2 Å². The van der Waals surface area contributed by atoms with Crippen LogP contribution in [0, 0.1) is 5.41 Å². The lowest BCUT2D eigenvalue weighted by Crippen LogP contribution is -2.47. The van der Waals surface area contributed by atoms with Gasteiger partial charge in [0.05, 0.1) is 12.0 Å². The molecule has 1 saturated heterocycles. The highest BCUT2D eigenvalue weighted by Crippen LogP contribution is 2.27. The number of aliphatic hydroxyl groups is 1. The van der Waals surface area contributed by atoms with E-state index in [1.165, 1.54) is 0 Å². The molecule has 0 atom stereocenters. The minimum atomic E-state index is -1.24. The largest absolute Gasteiger partial charge is 0.481 e. The minimum absolute atomic E-state index is 0.0179. The van der Waals surface area contributed by atoms with E-state index in [1.54, 1.807) is 29.2 Å². The highest BCUT2D eigenvalue weighted by atomic mass is 16.4. The number of hydrogen-bond acceptors (Lipinski definition) is 4. The van der Waals surface area contributed by atoms with Gasteiger partial charge in [-0.15, -0.1) is 0 Å². The topological polar surface area (TPSA) is 128 Å². The number of likely N-dealkylation sites (tertiary alicyclic amines) is 1. The summed E-state index contributed by atoms with van der Waals surface area (Å²) in [7, 11) is 0. The van der Waals surface area contributed by atoms with Gasteiger partial charge in [0, 0.05) is 24.2 Å². The van der Waals surface area contributed by atoms with E-state index in [0.717, 1.165) is 11.1 Å². The normalized spacial score (nSPS) is 15.8. The first kappa shape index (κ1) is 19.6. The fourth-order valence-corrected chi connectivity index (χ4v) is 3.41. The molecule has 1 amide bonds. The van der Waals surface area contributed by atoms with Gasteiger partial charge in [-0.2, -0.15) is 0 Å². The predicted octanol–water partition coefficient (Wildman–Crippen LogP) is 2.08. The molecular formula is C21H23N3O4. The molecule has 7 nitrogen and oxygen atoms in total. The van der Waals surface area contributed by atoms with Crippen LogP contribution in [0.25, 0.3) is 11.1 Å². The van der Waals surface area contributed by atoms with E-state index < -0.39 is 11.6 Å². The van der Waals surface area contributed by atoms with Crippen LogP contribution < -0.4 is 5.73 Å². The van der Waals surface area contributed by atoms with Gasteiger partial charge in [-0.05, 0) is 36.1 Å². The van der Waals surface area contributed by atoms with Gasteiger partial charge in [0.2, 0.25) is 0 Å². The molecule has 0 bridgehead atoms. The van der Waals surface area contributed by atoms with Crippen LogP contribution in [0.4, 0.5) is 0 Å². The number of nitrogens with two attached hydrogens (primary N) is 1. The maximum atomic E-state index is 12.7. The Labute approximate surface area is 162 Å².